The first-order valence-electron chi connectivity index (χ1n) is 12.1. The van der Waals surface area contributed by atoms with E-state index in [2.05, 4.69) is 31.9 Å². The third-order valence-electron chi connectivity index (χ3n) is 6.92. The number of hydrogen-bond acceptors (Lipinski definition) is 5. The normalized spacial score (nSPS) is 15.4. The number of aromatic nitrogens is 5. The van der Waals surface area contributed by atoms with Crippen LogP contribution in [0.2, 0.25) is 0 Å². The molecule has 0 saturated carbocycles. The molecule has 0 bridgehead atoms. The van der Waals surface area contributed by atoms with Crippen molar-refractivity contribution in [1.29, 1.82) is 0 Å². The molecule has 0 atom stereocenters. The Balaban J connectivity index is 1.42. The highest BCUT2D eigenvalue weighted by Gasteiger charge is 2.20. The average Bonchev–Trinajstić information content (AvgIpc) is 3.18. The highest BCUT2D eigenvalue weighted by molar-refractivity contribution is 5.83. The number of rotatable bonds is 5. The lowest BCUT2D eigenvalue weighted by Gasteiger charge is -2.28. The van der Waals surface area contributed by atoms with Crippen LogP contribution >= 0.6 is 0 Å². The molecule has 5 rings (SSSR count). The number of aryl methyl sites for hydroxylation is 1. The fraction of sp³-hybridized carbons (Fsp3) is 0.407. The molecule has 6 nitrogen and oxygen atoms in total. The molecule has 0 aliphatic carbocycles. The van der Waals surface area contributed by atoms with E-state index >= 15 is 0 Å². The number of hydrogen-bond donors (Lipinski definition) is 0. The van der Waals surface area contributed by atoms with Gasteiger partial charge in [-0.1, -0.05) is 0 Å². The summed E-state index contributed by atoms with van der Waals surface area (Å²) >= 11 is 0. The highest BCUT2D eigenvalue weighted by atomic mass is 19.1. The first kappa shape index (κ1) is 23.5. The average molecular weight is 477 g/mol. The number of nitrogens with zero attached hydrogens (tertiary/aromatic N) is 6. The number of halogens is 2. The monoisotopic (exact) mass is 476 g/mol. The maximum atomic E-state index is 14.9. The Hall–Kier alpha value is -3.26. The lowest BCUT2D eigenvalue weighted by molar-refractivity contribution is 0.255. The second kappa shape index (κ2) is 9.41. The highest BCUT2D eigenvalue weighted by Crippen LogP contribution is 2.31. The Labute approximate surface area is 204 Å². The van der Waals surface area contributed by atoms with Gasteiger partial charge < -0.3 is 9.47 Å². The largest absolute Gasteiger partial charge is 0.326 e. The predicted molar refractivity (Wildman–Crippen MR) is 132 cm³/mol. The van der Waals surface area contributed by atoms with Crippen molar-refractivity contribution in [2.75, 3.05) is 20.1 Å². The summed E-state index contributed by atoms with van der Waals surface area (Å²) in [6, 6.07) is 4.90. The van der Waals surface area contributed by atoms with Gasteiger partial charge in [-0.2, -0.15) is 0 Å². The maximum absolute atomic E-state index is 14.9. The van der Waals surface area contributed by atoms with Crippen LogP contribution in [0.4, 0.5) is 8.78 Å². The van der Waals surface area contributed by atoms with E-state index in [1.165, 1.54) is 12.3 Å². The second-order valence-electron chi connectivity index (χ2n) is 9.79. The zero-order valence-corrected chi connectivity index (χ0v) is 20.6. The van der Waals surface area contributed by atoms with E-state index in [4.69, 9.17) is 0 Å². The van der Waals surface area contributed by atoms with Crippen LogP contribution in [0.25, 0.3) is 22.2 Å². The lowest BCUT2D eigenvalue weighted by Crippen LogP contribution is -2.29. The standard InChI is InChI=1S/C27H30F2N6/c1-16(2)35-17(3)33-27-23(28)9-19(10-25(27)35)22-11-21(30-15-24(22)29)12-26-31-13-20(14-32-26)18-5-7-34(4)8-6-18/h9-11,13-16,18H,5-8,12H2,1-4H3. The summed E-state index contributed by atoms with van der Waals surface area (Å²) in [5.41, 5.74) is 3.49. The molecule has 35 heavy (non-hydrogen) atoms. The third-order valence-corrected chi connectivity index (χ3v) is 6.92. The molecule has 1 aromatic carbocycles. The summed E-state index contributed by atoms with van der Waals surface area (Å²) in [4.78, 5) is 20.1. The van der Waals surface area contributed by atoms with Gasteiger partial charge in [0, 0.05) is 29.7 Å². The van der Waals surface area contributed by atoms with Gasteiger partial charge in [-0.25, -0.2) is 23.7 Å². The lowest BCUT2D eigenvalue weighted by atomic mass is 9.91. The van der Waals surface area contributed by atoms with Crippen LogP contribution in [0.15, 0.2) is 36.8 Å². The van der Waals surface area contributed by atoms with Crippen molar-refractivity contribution in [1.82, 2.24) is 29.4 Å². The molecule has 0 radical (unpaired) electrons. The number of likely N-dealkylation sites (tertiary alicyclic amines) is 1. The minimum Gasteiger partial charge on any atom is -0.326 e. The third kappa shape index (κ3) is 4.67. The van der Waals surface area contributed by atoms with Crippen molar-refractivity contribution in [2.45, 2.75) is 52.0 Å². The van der Waals surface area contributed by atoms with Crippen molar-refractivity contribution >= 4 is 11.0 Å². The van der Waals surface area contributed by atoms with E-state index in [1.807, 2.05) is 37.7 Å². The van der Waals surface area contributed by atoms with Crippen molar-refractivity contribution in [2.24, 2.45) is 0 Å². The van der Waals surface area contributed by atoms with Crippen molar-refractivity contribution < 1.29 is 8.78 Å². The van der Waals surface area contributed by atoms with E-state index in [0.717, 1.165) is 37.3 Å². The molecule has 1 saturated heterocycles. The molecule has 4 aromatic rings. The zero-order chi connectivity index (χ0) is 24.7. The van der Waals surface area contributed by atoms with Crippen molar-refractivity contribution in [3.05, 3.63) is 71.3 Å². The second-order valence-corrected chi connectivity index (χ2v) is 9.79. The van der Waals surface area contributed by atoms with Gasteiger partial charge >= 0.3 is 0 Å². The van der Waals surface area contributed by atoms with E-state index < -0.39 is 11.6 Å². The molecular weight excluding hydrogens is 446 g/mol. The number of imidazole rings is 1. The Morgan fingerprint density at radius 3 is 2.37 bits per heavy atom. The van der Waals surface area contributed by atoms with Crippen molar-refractivity contribution in [3.8, 4) is 11.1 Å². The van der Waals surface area contributed by atoms with Gasteiger partial charge in [-0.05, 0) is 89.0 Å². The fourth-order valence-corrected chi connectivity index (χ4v) is 5.05. The summed E-state index contributed by atoms with van der Waals surface area (Å²) in [7, 11) is 2.14. The smallest absolute Gasteiger partial charge is 0.151 e. The van der Waals surface area contributed by atoms with Crippen LogP contribution < -0.4 is 0 Å². The summed E-state index contributed by atoms with van der Waals surface area (Å²) < 4.78 is 31.7. The molecule has 0 amide bonds. The van der Waals surface area contributed by atoms with Crippen LogP contribution in [0.3, 0.4) is 0 Å². The molecule has 3 aromatic heterocycles. The molecule has 0 unspecified atom stereocenters. The van der Waals surface area contributed by atoms with E-state index in [9.17, 15) is 8.78 Å². The number of pyridine rings is 1. The number of benzene rings is 1. The SMILES string of the molecule is Cc1nc2c(F)cc(-c3cc(Cc4ncc(C5CCN(C)CC5)cn4)ncc3F)cc2n1C(C)C. The van der Waals surface area contributed by atoms with Gasteiger partial charge in [-0.3, -0.25) is 4.98 Å². The minimum absolute atomic E-state index is 0.0992. The Morgan fingerprint density at radius 1 is 0.971 bits per heavy atom. The predicted octanol–water partition coefficient (Wildman–Crippen LogP) is 5.46. The summed E-state index contributed by atoms with van der Waals surface area (Å²) in [6.07, 6.45) is 7.58. The van der Waals surface area contributed by atoms with E-state index in [1.54, 1.807) is 12.1 Å². The van der Waals surface area contributed by atoms with Crippen LogP contribution in [-0.2, 0) is 6.42 Å². The Bertz CT molecular complexity index is 1350. The van der Waals surface area contributed by atoms with Gasteiger partial charge in [0.15, 0.2) is 5.82 Å². The van der Waals surface area contributed by atoms with E-state index in [-0.39, 0.29) is 6.04 Å². The van der Waals surface area contributed by atoms with Gasteiger partial charge in [0.1, 0.15) is 23.0 Å². The molecule has 0 spiro atoms. The Kier molecular flexibility index (Phi) is 6.32. The first-order chi connectivity index (χ1) is 16.8. The fourth-order valence-electron chi connectivity index (χ4n) is 5.05. The molecule has 1 aliphatic heterocycles. The van der Waals surface area contributed by atoms with Crippen LogP contribution in [0, 0.1) is 18.6 Å². The summed E-state index contributed by atoms with van der Waals surface area (Å²) in [6.45, 7) is 8.04. The molecule has 4 heterocycles. The summed E-state index contributed by atoms with van der Waals surface area (Å²) in [5.74, 6) is 0.872. The minimum atomic E-state index is -0.502. The summed E-state index contributed by atoms with van der Waals surface area (Å²) in [5, 5.41) is 0. The maximum Gasteiger partial charge on any atom is 0.151 e. The van der Waals surface area contributed by atoms with Crippen LogP contribution in [0.5, 0.6) is 0 Å². The van der Waals surface area contributed by atoms with Gasteiger partial charge in [0.25, 0.3) is 0 Å². The topological polar surface area (TPSA) is 59.7 Å². The quantitative estimate of drug-likeness (QED) is 0.383. The zero-order valence-electron chi connectivity index (χ0n) is 20.6. The van der Waals surface area contributed by atoms with Gasteiger partial charge in [-0.15, -0.1) is 0 Å². The van der Waals surface area contributed by atoms with E-state index in [0.29, 0.717) is 46.0 Å². The molecule has 1 fully saturated rings. The van der Waals surface area contributed by atoms with Gasteiger partial charge in [0.2, 0.25) is 0 Å². The molecule has 8 heteroatoms. The van der Waals surface area contributed by atoms with Gasteiger partial charge in [0.05, 0.1) is 18.1 Å². The molecule has 182 valence electrons. The Morgan fingerprint density at radius 2 is 1.69 bits per heavy atom. The molecule has 1 aliphatic rings. The molecule has 0 N–H and O–H groups in total. The first-order valence-corrected chi connectivity index (χ1v) is 12.1. The molecular formula is C27H30F2N6. The number of fused-ring (bicyclic) bond motifs is 1. The van der Waals surface area contributed by atoms with Crippen LogP contribution in [-0.4, -0.2) is 49.5 Å². The van der Waals surface area contributed by atoms with Crippen LogP contribution in [0.1, 0.15) is 61.6 Å². The van der Waals surface area contributed by atoms with Crippen molar-refractivity contribution in [3.63, 3.8) is 0 Å². The number of piperidine rings is 1.